The van der Waals surface area contributed by atoms with Gasteiger partial charge < -0.3 is 9.80 Å². The van der Waals surface area contributed by atoms with E-state index in [1.807, 2.05) is 19.1 Å². The predicted octanol–water partition coefficient (Wildman–Crippen LogP) is 1.83. The molecule has 2 aromatic rings. The van der Waals surface area contributed by atoms with Crippen LogP contribution in [0, 0.1) is 6.92 Å². The number of anilines is 1. The van der Waals surface area contributed by atoms with Gasteiger partial charge >= 0.3 is 0 Å². The topological polar surface area (TPSA) is 75.1 Å². The van der Waals surface area contributed by atoms with Crippen molar-refractivity contribution in [2.24, 2.45) is 0 Å². The highest BCUT2D eigenvalue weighted by Crippen LogP contribution is 2.24. The number of aromatic nitrogens is 4. The van der Waals surface area contributed by atoms with Crippen molar-refractivity contribution in [1.29, 1.82) is 0 Å². The highest BCUT2D eigenvalue weighted by atomic mass is 16.2. The number of likely N-dealkylation sites (N-methyl/N-ethyl adjacent to an activating group) is 1. The van der Waals surface area contributed by atoms with Crippen molar-refractivity contribution in [2.45, 2.75) is 39.2 Å². The number of amides is 1. The molecule has 0 N–H and O–H groups in total. The van der Waals surface area contributed by atoms with Crippen molar-refractivity contribution in [1.82, 2.24) is 25.1 Å². The summed E-state index contributed by atoms with van der Waals surface area (Å²) in [4.78, 5) is 24.6. The number of hydrogen-bond donors (Lipinski definition) is 0. The lowest BCUT2D eigenvalue weighted by Gasteiger charge is -2.44. The molecule has 3 rings (SSSR count). The Labute approximate surface area is 148 Å². The third kappa shape index (κ3) is 3.60. The molecule has 0 saturated carbocycles. The monoisotopic (exact) mass is 340 g/mol. The van der Waals surface area contributed by atoms with Crippen molar-refractivity contribution >= 4 is 11.7 Å². The molecule has 0 spiro atoms. The largest absolute Gasteiger partial charge is 0.351 e. The van der Waals surface area contributed by atoms with E-state index in [1.54, 1.807) is 18.1 Å². The lowest BCUT2D eigenvalue weighted by atomic mass is 9.92. The lowest BCUT2D eigenvalue weighted by Crippen LogP contribution is -2.60. The van der Waals surface area contributed by atoms with Crippen molar-refractivity contribution < 1.29 is 4.79 Å². The summed E-state index contributed by atoms with van der Waals surface area (Å²) in [5.41, 5.74) is 2.13. The van der Waals surface area contributed by atoms with Crippen LogP contribution in [0.5, 0.6) is 0 Å². The van der Waals surface area contributed by atoms with E-state index in [-0.39, 0.29) is 17.4 Å². The normalized spacial score (nSPS) is 15.0. The first kappa shape index (κ1) is 17.3. The first-order valence-corrected chi connectivity index (χ1v) is 8.40. The van der Waals surface area contributed by atoms with E-state index in [0.717, 1.165) is 30.3 Å². The quantitative estimate of drug-likeness (QED) is 0.849. The summed E-state index contributed by atoms with van der Waals surface area (Å²) < 4.78 is 0. The van der Waals surface area contributed by atoms with Crippen molar-refractivity contribution in [2.75, 3.05) is 25.0 Å². The van der Waals surface area contributed by atoms with Crippen molar-refractivity contribution in [3.8, 4) is 0 Å². The lowest BCUT2D eigenvalue weighted by molar-refractivity contribution is 0.0698. The fourth-order valence-corrected chi connectivity index (χ4v) is 2.63. The number of nitrogens with zero attached hydrogens (tertiary/aromatic N) is 6. The van der Waals surface area contributed by atoms with E-state index in [4.69, 9.17) is 0 Å². The predicted molar refractivity (Wildman–Crippen MR) is 95.6 cm³/mol. The molecule has 7 nitrogen and oxygen atoms in total. The molecular weight excluding hydrogens is 316 g/mol. The van der Waals surface area contributed by atoms with Crippen LogP contribution in [0.1, 0.15) is 42.6 Å². The zero-order chi connectivity index (χ0) is 18.2. The molecule has 0 atom stereocenters. The fourth-order valence-electron chi connectivity index (χ4n) is 2.63. The molecule has 0 aliphatic carbocycles. The number of carbonyl (C=O) groups is 1. The van der Waals surface area contributed by atoms with Crippen LogP contribution < -0.4 is 4.90 Å². The summed E-state index contributed by atoms with van der Waals surface area (Å²) in [6, 6.07) is 4.16. The van der Waals surface area contributed by atoms with Crippen LogP contribution in [-0.2, 0) is 5.41 Å². The Hall–Kier alpha value is -2.57. The maximum absolute atomic E-state index is 12.5. The van der Waals surface area contributed by atoms with Crippen LogP contribution in [0.15, 0.2) is 24.5 Å². The summed E-state index contributed by atoms with van der Waals surface area (Å²) in [6.45, 7) is 9.68. The summed E-state index contributed by atoms with van der Waals surface area (Å²) in [5.74, 6) is 0.742. The van der Waals surface area contributed by atoms with Crippen molar-refractivity contribution in [3.05, 3.63) is 41.6 Å². The zero-order valence-electron chi connectivity index (χ0n) is 15.4. The Kier molecular flexibility index (Phi) is 4.41. The number of carbonyl (C=O) groups excluding carboxylic acids is 1. The van der Waals surface area contributed by atoms with E-state index in [0.29, 0.717) is 5.69 Å². The van der Waals surface area contributed by atoms with Gasteiger partial charge in [-0.05, 0) is 19.1 Å². The van der Waals surface area contributed by atoms with Gasteiger partial charge in [0.25, 0.3) is 5.91 Å². The number of rotatable bonds is 3. The Morgan fingerprint density at radius 3 is 2.40 bits per heavy atom. The molecule has 1 aliphatic heterocycles. The molecule has 3 heterocycles. The van der Waals surface area contributed by atoms with Gasteiger partial charge in [0.2, 0.25) is 0 Å². The molecule has 0 radical (unpaired) electrons. The van der Waals surface area contributed by atoms with Gasteiger partial charge in [0, 0.05) is 31.7 Å². The molecule has 132 valence electrons. The fraction of sp³-hybridized carbons (Fsp3) is 0.500. The summed E-state index contributed by atoms with van der Waals surface area (Å²) in [7, 11) is 1.81. The van der Waals surface area contributed by atoms with Gasteiger partial charge in [-0.15, -0.1) is 5.10 Å². The molecule has 1 saturated heterocycles. The Morgan fingerprint density at radius 2 is 1.88 bits per heavy atom. The van der Waals surface area contributed by atoms with Crippen LogP contribution in [0.3, 0.4) is 0 Å². The molecule has 0 bridgehead atoms. The third-order valence-corrected chi connectivity index (χ3v) is 4.47. The van der Waals surface area contributed by atoms with E-state index < -0.39 is 0 Å². The molecule has 0 unspecified atom stereocenters. The van der Waals surface area contributed by atoms with E-state index in [9.17, 15) is 4.79 Å². The minimum Gasteiger partial charge on any atom is -0.351 e. The second-order valence-electron chi connectivity index (χ2n) is 7.54. The van der Waals surface area contributed by atoms with E-state index in [1.165, 1.54) is 6.20 Å². The van der Waals surface area contributed by atoms with Gasteiger partial charge in [0.1, 0.15) is 5.69 Å². The van der Waals surface area contributed by atoms with Crippen molar-refractivity contribution in [3.63, 3.8) is 0 Å². The van der Waals surface area contributed by atoms with Gasteiger partial charge in [-0.2, -0.15) is 5.10 Å². The average molecular weight is 340 g/mol. The Bertz CT molecular complexity index is 745. The molecule has 0 aromatic carbocycles. The van der Waals surface area contributed by atoms with Crippen LogP contribution in [0.2, 0.25) is 0 Å². The Morgan fingerprint density at radius 1 is 1.16 bits per heavy atom. The number of hydrogen-bond acceptors (Lipinski definition) is 6. The van der Waals surface area contributed by atoms with E-state index in [2.05, 4.69) is 45.8 Å². The zero-order valence-corrected chi connectivity index (χ0v) is 15.4. The second kappa shape index (κ2) is 6.38. The minimum atomic E-state index is -0.105. The maximum atomic E-state index is 12.5. The molecule has 2 aromatic heterocycles. The van der Waals surface area contributed by atoms with Gasteiger partial charge in [-0.25, -0.2) is 4.98 Å². The van der Waals surface area contributed by atoms with Gasteiger partial charge in [-0.3, -0.25) is 9.78 Å². The van der Waals surface area contributed by atoms with Gasteiger partial charge in [0.05, 0.1) is 23.6 Å². The third-order valence-electron chi connectivity index (χ3n) is 4.47. The molecule has 25 heavy (non-hydrogen) atoms. The standard InChI is InChI=1S/C18H24N6O/c1-12-8-20-14(9-19-12)17(25)23(5)13-10-24(11-13)16-7-6-15(21-22-16)18(2,3)4/h6-9,13H,10-11H2,1-5H3. The summed E-state index contributed by atoms with van der Waals surface area (Å²) in [6.07, 6.45) is 3.14. The van der Waals surface area contributed by atoms with Crippen LogP contribution in [0.4, 0.5) is 5.82 Å². The first-order valence-electron chi connectivity index (χ1n) is 8.40. The maximum Gasteiger partial charge on any atom is 0.274 e. The summed E-state index contributed by atoms with van der Waals surface area (Å²) in [5, 5.41) is 8.65. The van der Waals surface area contributed by atoms with E-state index >= 15 is 0 Å². The molecule has 7 heteroatoms. The highest BCUT2D eigenvalue weighted by molar-refractivity contribution is 5.92. The second-order valence-corrected chi connectivity index (χ2v) is 7.54. The minimum absolute atomic E-state index is 0.00920. The highest BCUT2D eigenvalue weighted by Gasteiger charge is 2.34. The summed E-state index contributed by atoms with van der Waals surface area (Å²) >= 11 is 0. The SMILES string of the molecule is Cc1cnc(C(=O)N(C)C2CN(c3ccc(C(C)(C)C)nn3)C2)cn1. The molecular formula is C18H24N6O. The first-order chi connectivity index (χ1) is 11.8. The molecule has 1 amide bonds. The van der Waals surface area contributed by atoms with Crippen LogP contribution in [0.25, 0.3) is 0 Å². The molecule has 1 aliphatic rings. The number of aryl methyl sites for hydroxylation is 1. The van der Waals surface area contributed by atoms with Crippen LogP contribution in [-0.4, -0.2) is 57.2 Å². The van der Waals surface area contributed by atoms with Crippen LogP contribution >= 0.6 is 0 Å². The van der Waals surface area contributed by atoms with Gasteiger partial charge in [0.15, 0.2) is 5.82 Å². The average Bonchev–Trinajstić information content (AvgIpc) is 2.53. The smallest absolute Gasteiger partial charge is 0.274 e. The van der Waals surface area contributed by atoms with Gasteiger partial charge in [-0.1, -0.05) is 20.8 Å². The Balaban J connectivity index is 1.60. The molecule has 1 fully saturated rings.